The smallest absolute Gasteiger partial charge is 0.269 e. The number of hydrogen-bond acceptors (Lipinski definition) is 5. The average Bonchev–Trinajstić information content (AvgIpc) is 3.31. The Balaban J connectivity index is 1.54. The highest BCUT2D eigenvalue weighted by Gasteiger charge is 2.25. The highest BCUT2D eigenvalue weighted by atomic mass is 16.5. The molecule has 172 valence electrons. The van der Waals surface area contributed by atoms with Crippen LogP contribution in [0.1, 0.15) is 24.0 Å². The first kappa shape index (κ1) is 22.7. The van der Waals surface area contributed by atoms with E-state index in [2.05, 4.69) is 10.3 Å². The third-order valence-electron chi connectivity index (χ3n) is 6.06. The summed E-state index contributed by atoms with van der Waals surface area (Å²) in [4.78, 5) is 44.3. The number of aryl methyl sites for hydroxylation is 1. The van der Waals surface area contributed by atoms with Crippen molar-refractivity contribution >= 4 is 28.5 Å². The van der Waals surface area contributed by atoms with E-state index in [0.29, 0.717) is 24.2 Å². The summed E-state index contributed by atoms with van der Waals surface area (Å²) in [6, 6.07) is 12.9. The van der Waals surface area contributed by atoms with Crippen molar-refractivity contribution in [2.45, 2.75) is 39.3 Å². The zero-order chi connectivity index (χ0) is 23.4. The molecule has 1 N–H and O–H groups in total. The van der Waals surface area contributed by atoms with Crippen LogP contribution in [0.15, 0.2) is 53.5 Å². The molecule has 1 aliphatic heterocycles. The number of ether oxygens (including phenoxy) is 1. The standard InChI is InChI=1S/C25H28N4O4/c1-17-7-5-10-20(18(17)2)27-23(30)15-28(14-19-8-6-12-33-19)25(32)16-29-22-11-4-3-9-21(22)26-13-24(29)31/h3-5,7,9-11,13,19H,6,8,12,14-16H2,1-2H3,(H,27,30)/t19-/m1/s1. The number of carbonyl (C=O) groups excluding carboxylic acids is 2. The summed E-state index contributed by atoms with van der Waals surface area (Å²) in [5.74, 6) is -0.609. The number of rotatable bonds is 7. The van der Waals surface area contributed by atoms with Gasteiger partial charge in [-0.3, -0.25) is 19.0 Å². The van der Waals surface area contributed by atoms with Gasteiger partial charge in [-0.25, -0.2) is 4.98 Å². The molecular formula is C25H28N4O4. The molecule has 1 aliphatic rings. The fourth-order valence-corrected chi connectivity index (χ4v) is 4.05. The quantitative estimate of drug-likeness (QED) is 0.600. The number of aromatic nitrogens is 2. The van der Waals surface area contributed by atoms with Crippen molar-refractivity contribution in [3.8, 4) is 0 Å². The van der Waals surface area contributed by atoms with Gasteiger partial charge < -0.3 is 15.0 Å². The summed E-state index contributed by atoms with van der Waals surface area (Å²) >= 11 is 0. The lowest BCUT2D eigenvalue weighted by Gasteiger charge is -2.26. The molecule has 0 spiro atoms. The molecule has 0 aliphatic carbocycles. The number of hydrogen-bond donors (Lipinski definition) is 1. The first-order chi connectivity index (χ1) is 15.9. The molecule has 1 saturated heterocycles. The maximum Gasteiger partial charge on any atom is 0.269 e. The fraction of sp³-hybridized carbons (Fsp3) is 0.360. The third kappa shape index (κ3) is 5.28. The van der Waals surface area contributed by atoms with E-state index < -0.39 is 0 Å². The SMILES string of the molecule is Cc1cccc(NC(=O)CN(C[C@H]2CCCO2)C(=O)Cn2c(=O)cnc3ccccc32)c1C. The highest BCUT2D eigenvalue weighted by Crippen LogP contribution is 2.19. The van der Waals surface area contributed by atoms with E-state index in [1.54, 1.807) is 18.2 Å². The van der Waals surface area contributed by atoms with Crippen LogP contribution in [0, 0.1) is 13.8 Å². The molecule has 1 atom stereocenters. The van der Waals surface area contributed by atoms with E-state index in [4.69, 9.17) is 4.74 Å². The molecule has 1 aromatic heterocycles. The zero-order valence-electron chi connectivity index (χ0n) is 18.9. The Labute approximate surface area is 192 Å². The number of fused-ring (bicyclic) bond motifs is 1. The summed E-state index contributed by atoms with van der Waals surface area (Å²) in [6.45, 7) is 4.58. The Morgan fingerprint density at radius 2 is 2.00 bits per heavy atom. The molecular weight excluding hydrogens is 420 g/mol. The monoisotopic (exact) mass is 448 g/mol. The van der Waals surface area contributed by atoms with Gasteiger partial charge in [0.05, 0.1) is 23.3 Å². The van der Waals surface area contributed by atoms with Gasteiger partial charge in [-0.05, 0) is 56.0 Å². The van der Waals surface area contributed by atoms with Gasteiger partial charge in [-0.15, -0.1) is 0 Å². The molecule has 0 bridgehead atoms. The van der Waals surface area contributed by atoms with Crippen LogP contribution in [0.4, 0.5) is 5.69 Å². The number of nitrogens with zero attached hydrogens (tertiary/aromatic N) is 3. The summed E-state index contributed by atoms with van der Waals surface area (Å²) in [7, 11) is 0. The molecule has 0 unspecified atom stereocenters. The maximum absolute atomic E-state index is 13.3. The van der Waals surface area contributed by atoms with Crippen LogP contribution in [0.3, 0.4) is 0 Å². The van der Waals surface area contributed by atoms with Crippen molar-refractivity contribution in [1.82, 2.24) is 14.5 Å². The Morgan fingerprint density at radius 1 is 1.18 bits per heavy atom. The number of para-hydroxylation sites is 2. The van der Waals surface area contributed by atoms with E-state index in [9.17, 15) is 14.4 Å². The summed E-state index contributed by atoms with van der Waals surface area (Å²) in [6.07, 6.45) is 2.86. The van der Waals surface area contributed by atoms with Gasteiger partial charge in [0.2, 0.25) is 11.8 Å². The van der Waals surface area contributed by atoms with E-state index >= 15 is 0 Å². The second-order valence-electron chi connectivity index (χ2n) is 8.38. The predicted molar refractivity (Wildman–Crippen MR) is 126 cm³/mol. The lowest BCUT2D eigenvalue weighted by molar-refractivity contribution is -0.136. The summed E-state index contributed by atoms with van der Waals surface area (Å²) in [5.41, 5.74) is 3.63. The van der Waals surface area contributed by atoms with Crippen LogP contribution in [0.2, 0.25) is 0 Å². The molecule has 3 aromatic rings. The van der Waals surface area contributed by atoms with Gasteiger partial charge in [0, 0.05) is 18.8 Å². The minimum Gasteiger partial charge on any atom is -0.376 e. The minimum atomic E-state index is -0.362. The van der Waals surface area contributed by atoms with Gasteiger partial charge in [0.15, 0.2) is 0 Å². The Kier molecular flexibility index (Phi) is 6.84. The lowest BCUT2D eigenvalue weighted by Crippen LogP contribution is -2.44. The molecule has 1 fully saturated rings. The summed E-state index contributed by atoms with van der Waals surface area (Å²) < 4.78 is 7.11. The topological polar surface area (TPSA) is 93.5 Å². The largest absolute Gasteiger partial charge is 0.376 e. The Bertz CT molecular complexity index is 1230. The maximum atomic E-state index is 13.3. The lowest BCUT2D eigenvalue weighted by atomic mass is 10.1. The Hall–Kier alpha value is -3.52. The van der Waals surface area contributed by atoms with Gasteiger partial charge in [0.1, 0.15) is 13.1 Å². The van der Waals surface area contributed by atoms with E-state index in [-0.39, 0.29) is 36.6 Å². The van der Waals surface area contributed by atoms with Crippen molar-refractivity contribution in [2.75, 3.05) is 25.0 Å². The number of amides is 2. The van der Waals surface area contributed by atoms with E-state index in [1.165, 1.54) is 15.7 Å². The van der Waals surface area contributed by atoms with Gasteiger partial charge >= 0.3 is 0 Å². The van der Waals surface area contributed by atoms with Crippen molar-refractivity contribution in [1.29, 1.82) is 0 Å². The van der Waals surface area contributed by atoms with E-state index in [0.717, 1.165) is 29.7 Å². The van der Waals surface area contributed by atoms with Crippen molar-refractivity contribution in [3.63, 3.8) is 0 Å². The van der Waals surface area contributed by atoms with Gasteiger partial charge in [-0.2, -0.15) is 0 Å². The van der Waals surface area contributed by atoms with Crippen LogP contribution in [-0.4, -0.2) is 52.1 Å². The molecule has 4 rings (SSSR count). The molecule has 33 heavy (non-hydrogen) atoms. The van der Waals surface area contributed by atoms with Crippen LogP contribution >= 0.6 is 0 Å². The van der Waals surface area contributed by atoms with E-state index in [1.807, 2.05) is 38.1 Å². The minimum absolute atomic E-state index is 0.117. The highest BCUT2D eigenvalue weighted by molar-refractivity contribution is 5.95. The number of anilines is 1. The van der Waals surface area contributed by atoms with Crippen LogP contribution in [0.5, 0.6) is 0 Å². The molecule has 8 heteroatoms. The van der Waals surface area contributed by atoms with Crippen LogP contribution < -0.4 is 10.9 Å². The number of carbonyl (C=O) groups is 2. The van der Waals surface area contributed by atoms with Gasteiger partial charge in [0.25, 0.3) is 5.56 Å². The van der Waals surface area contributed by atoms with Crippen molar-refractivity contribution in [2.24, 2.45) is 0 Å². The normalized spacial score (nSPS) is 15.5. The second-order valence-corrected chi connectivity index (χ2v) is 8.38. The average molecular weight is 449 g/mol. The first-order valence-electron chi connectivity index (χ1n) is 11.1. The molecule has 2 aromatic carbocycles. The first-order valence-corrected chi connectivity index (χ1v) is 11.1. The molecule has 2 amide bonds. The zero-order valence-corrected chi connectivity index (χ0v) is 18.9. The number of nitrogens with one attached hydrogen (secondary N) is 1. The molecule has 8 nitrogen and oxygen atoms in total. The predicted octanol–water partition coefficient (Wildman–Crippen LogP) is 2.66. The van der Waals surface area contributed by atoms with Crippen LogP contribution in [0.25, 0.3) is 11.0 Å². The fourth-order valence-electron chi connectivity index (χ4n) is 4.05. The molecule has 2 heterocycles. The second kappa shape index (κ2) is 9.95. The Morgan fingerprint density at radius 3 is 2.79 bits per heavy atom. The third-order valence-corrected chi connectivity index (χ3v) is 6.06. The van der Waals surface area contributed by atoms with Crippen molar-refractivity contribution in [3.05, 3.63) is 70.1 Å². The van der Waals surface area contributed by atoms with Crippen LogP contribution in [-0.2, 0) is 20.9 Å². The molecule has 0 radical (unpaired) electrons. The van der Waals surface area contributed by atoms with Crippen molar-refractivity contribution < 1.29 is 14.3 Å². The number of benzene rings is 2. The van der Waals surface area contributed by atoms with Gasteiger partial charge in [-0.1, -0.05) is 24.3 Å². The summed E-state index contributed by atoms with van der Waals surface area (Å²) in [5, 5.41) is 2.91. The molecule has 0 saturated carbocycles.